The number of ketones is 1. The van der Waals surface area contributed by atoms with E-state index in [1.807, 2.05) is 30.3 Å². The number of aliphatic hydroxyl groups is 1. The maximum atomic E-state index is 11.6. The van der Waals surface area contributed by atoms with E-state index in [2.05, 4.69) is 0 Å². The second-order valence-electron chi connectivity index (χ2n) is 4.39. The van der Waals surface area contributed by atoms with E-state index in [1.54, 1.807) is 0 Å². The van der Waals surface area contributed by atoms with Gasteiger partial charge in [0.2, 0.25) is 0 Å². The zero-order valence-corrected chi connectivity index (χ0v) is 9.44. The summed E-state index contributed by atoms with van der Waals surface area (Å²) in [5, 5.41) is 10.0. The van der Waals surface area contributed by atoms with Crippen LogP contribution in [0.15, 0.2) is 36.1 Å². The Hall–Kier alpha value is -1.57. The van der Waals surface area contributed by atoms with Crippen LogP contribution < -0.4 is 0 Å². The Bertz CT molecular complexity index is 414. The van der Waals surface area contributed by atoms with Crippen molar-refractivity contribution >= 4 is 11.4 Å². The van der Waals surface area contributed by atoms with Gasteiger partial charge in [0.15, 0.2) is 5.78 Å². The number of hydrogen-bond donors (Lipinski definition) is 1. The Labute approximate surface area is 95.6 Å². The highest BCUT2D eigenvalue weighted by Crippen LogP contribution is 2.36. The number of rotatable bonds is 4. The maximum Gasteiger partial charge on any atom is 0.163 e. The van der Waals surface area contributed by atoms with Gasteiger partial charge in [-0.2, -0.15) is 0 Å². The molecule has 0 spiro atoms. The van der Waals surface area contributed by atoms with Crippen LogP contribution in [0.25, 0.3) is 5.57 Å². The third-order valence-corrected chi connectivity index (χ3v) is 2.88. The molecule has 1 aliphatic rings. The second kappa shape index (κ2) is 4.52. The lowest BCUT2D eigenvalue weighted by molar-refractivity contribution is -0.111. The Morgan fingerprint density at radius 1 is 1.31 bits per heavy atom. The molecule has 1 aromatic carbocycles. The van der Waals surface area contributed by atoms with Crippen LogP contribution in [-0.4, -0.2) is 10.9 Å². The zero-order valence-electron chi connectivity index (χ0n) is 9.44. The summed E-state index contributed by atoms with van der Waals surface area (Å²) in [6, 6.07) is 9.38. The Morgan fingerprint density at radius 2 is 1.94 bits per heavy atom. The van der Waals surface area contributed by atoms with Gasteiger partial charge in [0, 0.05) is 6.42 Å². The molecular weight excluding hydrogens is 200 g/mol. The van der Waals surface area contributed by atoms with Gasteiger partial charge >= 0.3 is 0 Å². The highest BCUT2D eigenvalue weighted by molar-refractivity contribution is 6.20. The summed E-state index contributed by atoms with van der Waals surface area (Å²) in [6.07, 6.45) is 2.98. The first-order valence-electron chi connectivity index (χ1n) is 5.67. The van der Waals surface area contributed by atoms with Crippen LogP contribution in [0, 0.1) is 5.92 Å². The molecule has 1 N–H and O–H groups in total. The number of carbonyl (C=O) groups is 1. The predicted molar refractivity (Wildman–Crippen MR) is 64.0 cm³/mol. The van der Waals surface area contributed by atoms with E-state index in [4.69, 9.17) is 0 Å². The molecule has 84 valence electrons. The predicted octanol–water partition coefficient (Wildman–Crippen LogP) is 3.34. The topological polar surface area (TPSA) is 37.3 Å². The van der Waals surface area contributed by atoms with Gasteiger partial charge in [-0.1, -0.05) is 30.3 Å². The number of hydrogen-bond acceptors (Lipinski definition) is 2. The van der Waals surface area contributed by atoms with Crippen molar-refractivity contribution in [2.24, 2.45) is 5.92 Å². The fraction of sp³-hybridized carbons (Fsp3) is 0.357. The van der Waals surface area contributed by atoms with E-state index < -0.39 is 0 Å². The summed E-state index contributed by atoms with van der Waals surface area (Å²) in [5.74, 6) is 0.767. The highest BCUT2D eigenvalue weighted by Gasteiger charge is 2.25. The van der Waals surface area contributed by atoms with Crippen LogP contribution >= 0.6 is 0 Å². The van der Waals surface area contributed by atoms with Crippen molar-refractivity contribution in [3.05, 3.63) is 41.7 Å². The molecular formula is C14H16O2. The molecule has 16 heavy (non-hydrogen) atoms. The van der Waals surface area contributed by atoms with Gasteiger partial charge < -0.3 is 5.11 Å². The van der Waals surface area contributed by atoms with Crippen LogP contribution in [0.5, 0.6) is 0 Å². The maximum absolute atomic E-state index is 11.6. The molecule has 0 bridgehead atoms. The first kappa shape index (κ1) is 10.9. The van der Waals surface area contributed by atoms with Gasteiger partial charge in [-0.25, -0.2) is 0 Å². The number of benzene rings is 1. The standard InChI is InChI=1S/C14H16O2/c1-10(15)14(12-5-3-2-4-6-12)13(16)9-11-7-8-11/h2-6,11,16H,7-9H2,1H3/b14-13-. The summed E-state index contributed by atoms with van der Waals surface area (Å²) >= 11 is 0. The van der Waals surface area contributed by atoms with Crippen molar-refractivity contribution in [1.29, 1.82) is 0 Å². The van der Waals surface area contributed by atoms with E-state index in [1.165, 1.54) is 19.8 Å². The van der Waals surface area contributed by atoms with Gasteiger partial charge in [-0.05, 0) is 31.2 Å². The fourth-order valence-electron chi connectivity index (χ4n) is 1.88. The van der Waals surface area contributed by atoms with Crippen molar-refractivity contribution in [1.82, 2.24) is 0 Å². The zero-order chi connectivity index (χ0) is 11.5. The van der Waals surface area contributed by atoms with Gasteiger partial charge in [-0.3, -0.25) is 4.79 Å². The lowest BCUT2D eigenvalue weighted by atomic mass is 9.99. The quantitative estimate of drug-likeness (QED) is 0.619. The van der Waals surface area contributed by atoms with Gasteiger partial charge in [0.1, 0.15) is 5.76 Å². The SMILES string of the molecule is CC(=O)/C(=C(/O)CC1CC1)c1ccccc1. The Balaban J connectivity index is 2.32. The number of Topliss-reactive ketones (excluding diaryl/α,β-unsaturated/α-hetero) is 1. The molecule has 1 saturated carbocycles. The molecule has 2 heteroatoms. The van der Waals surface area contributed by atoms with E-state index in [9.17, 15) is 9.90 Å². The minimum absolute atomic E-state index is 0.0654. The van der Waals surface area contributed by atoms with E-state index in [0.29, 0.717) is 17.9 Å². The lowest BCUT2D eigenvalue weighted by Gasteiger charge is -2.07. The van der Waals surface area contributed by atoms with Gasteiger partial charge in [-0.15, -0.1) is 0 Å². The van der Waals surface area contributed by atoms with Crippen LogP contribution in [0.4, 0.5) is 0 Å². The minimum Gasteiger partial charge on any atom is -0.512 e. The van der Waals surface area contributed by atoms with Crippen molar-refractivity contribution in [3.8, 4) is 0 Å². The van der Waals surface area contributed by atoms with E-state index in [0.717, 1.165) is 5.56 Å². The molecule has 0 atom stereocenters. The molecule has 0 radical (unpaired) electrons. The summed E-state index contributed by atoms with van der Waals surface area (Å²) in [7, 11) is 0. The third-order valence-electron chi connectivity index (χ3n) is 2.88. The normalized spacial score (nSPS) is 16.8. The van der Waals surface area contributed by atoms with Gasteiger partial charge in [0.25, 0.3) is 0 Å². The van der Waals surface area contributed by atoms with E-state index >= 15 is 0 Å². The number of allylic oxidation sites excluding steroid dienone is 2. The van der Waals surface area contributed by atoms with Crippen molar-refractivity contribution < 1.29 is 9.90 Å². The summed E-state index contributed by atoms with van der Waals surface area (Å²) < 4.78 is 0. The lowest BCUT2D eigenvalue weighted by Crippen LogP contribution is -2.01. The molecule has 1 fully saturated rings. The number of aliphatic hydroxyl groups excluding tert-OH is 1. The van der Waals surface area contributed by atoms with Crippen molar-refractivity contribution in [2.45, 2.75) is 26.2 Å². The fourth-order valence-corrected chi connectivity index (χ4v) is 1.88. The molecule has 1 aliphatic carbocycles. The largest absolute Gasteiger partial charge is 0.512 e. The molecule has 0 saturated heterocycles. The van der Waals surface area contributed by atoms with Crippen molar-refractivity contribution in [2.75, 3.05) is 0 Å². The molecule has 2 nitrogen and oxygen atoms in total. The van der Waals surface area contributed by atoms with E-state index in [-0.39, 0.29) is 11.5 Å². The smallest absolute Gasteiger partial charge is 0.163 e. The Morgan fingerprint density at radius 3 is 2.44 bits per heavy atom. The third kappa shape index (κ3) is 2.51. The highest BCUT2D eigenvalue weighted by atomic mass is 16.3. The Kier molecular flexibility index (Phi) is 3.09. The monoisotopic (exact) mass is 216 g/mol. The molecule has 0 aromatic heterocycles. The summed E-state index contributed by atoms with van der Waals surface area (Å²) in [4.78, 5) is 11.6. The molecule has 1 aromatic rings. The van der Waals surface area contributed by atoms with Crippen LogP contribution in [0.1, 0.15) is 31.7 Å². The van der Waals surface area contributed by atoms with Crippen LogP contribution in [0.2, 0.25) is 0 Å². The average Bonchev–Trinajstić information content (AvgIpc) is 3.03. The first-order chi connectivity index (χ1) is 7.68. The molecule has 0 aliphatic heterocycles. The summed E-state index contributed by atoms with van der Waals surface area (Å²) in [5.41, 5.74) is 1.29. The van der Waals surface area contributed by atoms with Gasteiger partial charge in [0.05, 0.1) is 5.57 Å². The first-order valence-corrected chi connectivity index (χ1v) is 5.67. The molecule has 0 amide bonds. The molecule has 0 unspecified atom stereocenters. The molecule has 2 rings (SSSR count). The minimum atomic E-state index is -0.0654. The van der Waals surface area contributed by atoms with Crippen LogP contribution in [-0.2, 0) is 4.79 Å². The summed E-state index contributed by atoms with van der Waals surface area (Å²) in [6.45, 7) is 1.51. The van der Waals surface area contributed by atoms with Crippen LogP contribution in [0.3, 0.4) is 0 Å². The van der Waals surface area contributed by atoms with Crippen molar-refractivity contribution in [3.63, 3.8) is 0 Å². The average molecular weight is 216 g/mol. The second-order valence-corrected chi connectivity index (χ2v) is 4.39. The molecule has 0 heterocycles. The number of carbonyl (C=O) groups excluding carboxylic acids is 1.